The fraction of sp³-hybridized carbons (Fsp3) is 0.100. The van der Waals surface area contributed by atoms with Crippen molar-refractivity contribution in [2.45, 2.75) is 13.1 Å². The van der Waals surface area contributed by atoms with Gasteiger partial charge in [-0.3, -0.25) is 4.79 Å². The van der Waals surface area contributed by atoms with Gasteiger partial charge in [0, 0.05) is 18.8 Å². The number of nitrogens with one attached hydrogen (secondary N) is 1. The molecule has 1 amide bonds. The van der Waals surface area contributed by atoms with Crippen molar-refractivity contribution >= 4 is 23.5 Å². The lowest BCUT2D eigenvalue weighted by molar-refractivity contribution is -0.130. The summed E-state index contributed by atoms with van der Waals surface area (Å²) in [5.74, 6) is -1.49. The molecule has 0 fully saturated rings. The minimum Gasteiger partial charge on any atom is -0.478 e. The predicted molar refractivity (Wildman–Crippen MR) is 143 cm³/mol. The Morgan fingerprint density at radius 1 is 0.658 bits per heavy atom. The lowest BCUT2D eigenvalue weighted by Gasteiger charge is -2.24. The highest BCUT2D eigenvalue weighted by Gasteiger charge is 2.18. The Hall–Kier alpha value is -5.11. The van der Waals surface area contributed by atoms with Crippen LogP contribution in [0, 0.1) is 0 Å². The van der Waals surface area contributed by atoms with E-state index in [0.717, 1.165) is 16.9 Å². The number of amides is 1. The number of rotatable bonds is 11. The van der Waals surface area contributed by atoms with E-state index in [0.29, 0.717) is 24.5 Å². The van der Waals surface area contributed by atoms with Gasteiger partial charge in [-0.2, -0.15) is 0 Å². The monoisotopic (exact) mass is 510 g/mol. The third-order valence-electron chi connectivity index (χ3n) is 5.77. The second-order valence-corrected chi connectivity index (χ2v) is 8.52. The maximum Gasteiger partial charge on any atom is 0.336 e. The number of hydrogen-bond donors (Lipinski definition) is 3. The zero-order valence-corrected chi connectivity index (χ0v) is 20.4. The summed E-state index contributed by atoms with van der Waals surface area (Å²) in [5, 5.41) is 21.5. The highest BCUT2D eigenvalue weighted by Crippen LogP contribution is 2.22. The molecule has 4 rings (SSSR count). The molecular weight excluding hydrogens is 484 g/mol. The van der Waals surface area contributed by atoms with Crippen LogP contribution in [0.4, 0.5) is 5.69 Å². The lowest BCUT2D eigenvalue weighted by Crippen LogP contribution is -2.34. The van der Waals surface area contributed by atoms with Gasteiger partial charge in [-0.1, -0.05) is 60.7 Å². The average molecular weight is 511 g/mol. The van der Waals surface area contributed by atoms with Crippen LogP contribution >= 0.6 is 0 Å². The van der Waals surface area contributed by atoms with E-state index < -0.39 is 11.9 Å². The minimum atomic E-state index is -1.36. The van der Waals surface area contributed by atoms with Gasteiger partial charge in [0.15, 0.2) is 0 Å². The normalized spacial score (nSPS) is 10.4. The van der Waals surface area contributed by atoms with Crippen molar-refractivity contribution in [1.29, 1.82) is 0 Å². The summed E-state index contributed by atoms with van der Waals surface area (Å²) in [4.78, 5) is 37.7. The average Bonchev–Trinajstić information content (AvgIpc) is 2.93. The van der Waals surface area contributed by atoms with Gasteiger partial charge in [0.1, 0.15) is 11.5 Å². The Balaban J connectivity index is 1.47. The molecule has 192 valence electrons. The van der Waals surface area contributed by atoms with Crippen molar-refractivity contribution in [3.8, 4) is 11.5 Å². The van der Waals surface area contributed by atoms with Crippen molar-refractivity contribution in [2.24, 2.45) is 0 Å². The third kappa shape index (κ3) is 6.98. The molecule has 0 radical (unpaired) electrons. The molecule has 0 saturated carbocycles. The standard InChI is InChI=1S/C30H26N2O6/c33-28(18-31-23-13-16-26(29(34)35)27(17-23)30(36)37)32(19-21-7-3-1-4-8-21)20-22-11-14-25(15-12-22)38-24-9-5-2-6-10-24/h1-17,31H,18-20H2,(H,34,35)(H,36,37). The molecule has 4 aromatic carbocycles. The van der Waals surface area contributed by atoms with Crippen LogP contribution in [0.1, 0.15) is 31.8 Å². The van der Waals surface area contributed by atoms with Crippen molar-refractivity contribution in [3.05, 3.63) is 125 Å². The molecule has 0 saturated heterocycles. The van der Waals surface area contributed by atoms with Crippen molar-refractivity contribution in [3.63, 3.8) is 0 Å². The van der Waals surface area contributed by atoms with Crippen LogP contribution in [0.25, 0.3) is 0 Å². The number of carbonyl (C=O) groups excluding carboxylic acids is 1. The molecule has 8 heteroatoms. The maximum absolute atomic E-state index is 13.3. The molecule has 0 aromatic heterocycles. The van der Waals surface area contributed by atoms with Gasteiger partial charge < -0.3 is 25.2 Å². The molecule has 3 N–H and O–H groups in total. The van der Waals surface area contributed by atoms with Crippen molar-refractivity contribution in [2.75, 3.05) is 11.9 Å². The molecule has 0 unspecified atom stereocenters. The highest BCUT2D eigenvalue weighted by molar-refractivity contribution is 6.02. The Kier molecular flexibility index (Phi) is 8.35. The zero-order valence-electron chi connectivity index (χ0n) is 20.4. The first kappa shape index (κ1) is 26.0. The van der Waals surface area contributed by atoms with Crippen molar-refractivity contribution in [1.82, 2.24) is 4.90 Å². The van der Waals surface area contributed by atoms with Crippen LogP contribution in [-0.4, -0.2) is 39.5 Å². The second kappa shape index (κ2) is 12.2. The summed E-state index contributed by atoms with van der Waals surface area (Å²) >= 11 is 0. The van der Waals surface area contributed by atoms with Crippen LogP contribution in [0.5, 0.6) is 11.5 Å². The van der Waals surface area contributed by atoms with Crippen LogP contribution in [0.2, 0.25) is 0 Å². The van der Waals surface area contributed by atoms with Crippen LogP contribution in [0.15, 0.2) is 103 Å². The molecule has 0 bridgehead atoms. The smallest absolute Gasteiger partial charge is 0.336 e. The number of nitrogens with zero attached hydrogens (tertiary/aromatic N) is 1. The first-order valence-corrected chi connectivity index (χ1v) is 11.9. The molecule has 0 atom stereocenters. The Morgan fingerprint density at radius 2 is 1.21 bits per heavy atom. The summed E-state index contributed by atoms with van der Waals surface area (Å²) in [5.41, 5.74) is 1.54. The quantitative estimate of drug-likeness (QED) is 0.243. The van der Waals surface area contributed by atoms with E-state index in [1.54, 1.807) is 4.90 Å². The number of para-hydroxylation sites is 1. The first-order valence-electron chi connectivity index (χ1n) is 11.9. The van der Waals surface area contributed by atoms with Crippen molar-refractivity contribution < 1.29 is 29.3 Å². The van der Waals surface area contributed by atoms with E-state index in [1.165, 1.54) is 18.2 Å². The Bertz CT molecular complexity index is 1410. The third-order valence-corrected chi connectivity index (χ3v) is 5.77. The minimum absolute atomic E-state index is 0.104. The van der Waals surface area contributed by atoms with E-state index in [9.17, 15) is 24.6 Å². The van der Waals surface area contributed by atoms with E-state index >= 15 is 0 Å². The molecule has 38 heavy (non-hydrogen) atoms. The zero-order chi connectivity index (χ0) is 26.9. The van der Waals surface area contributed by atoms with E-state index in [4.69, 9.17) is 4.74 Å². The number of anilines is 1. The number of benzene rings is 4. The number of ether oxygens (including phenoxy) is 1. The molecule has 8 nitrogen and oxygen atoms in total. The second-order valence-electron chi connectivity index (χ2n) is 8.52. The molecular formula is C30H26N2O6. The van der Waals surface area contributed by atoms with Crippen LogP contribution < -0.4 is 10.1 Å². The van der Waals surface area contributed by atoms with Gasteiger partial charge >= 0.3 is 11.9 Å². The number of carboxylic acid groups (broad SMARTS) is 2. The van der Waals surface area contributed by atoms with Gasteiger partial charge in [0.2, 0.25) is 5.91 Å². The lowest BCUT2D eigenvalue weighted by atomic mass is 10.1. The summed E-state index contributed by atoms with van der Waals surface area (Å²) in [6, 6.07) is 30.4. The molecule has 0 aliphatic rings. The Morgan fingerprint density at radius 3 is 1.82 bits per heavy atom. The molecule has 0 aliphatic carbocycles. The fourth-order valence-electron chi connectivity index (χ4n) is 3.85. The predicted octanol–water partition coefficient (Wildman–Crippen LogP) is 5.52. The number of carboxylic acids is 2. The first-order chi connectivity index (χ1) is 18.4. The number of hydrogen-bond acceptors (Lipinski definition) is 5. The summed E-state index contributed by atoms with van der Waals surface area (Å²) < 4.78 is 5.85. The maximum atomic E-state index is 13.3. The van der Waals surface area contributed by atoms with Gasteiger partial charge in [-0.15, -0.1) is 0 Å². The topological polar surface area (TPSA) is 116 Å². The Labute approximate surface area is 219 Å². The SMILES string of the molecule is O=C(O)c1ccc(NCC(=O)N(Cc2ccccc2)Cc2ccc(Oc3ccccc3)cc2)cc1C(=O)O. The van der Waals surface area contributed by atoms with Gasteiger partial charge in [-0.05, 0) is 53.6 Å². The van der Waals surface area contributed by atoms with Gasteiger partial charge in [0.25, 0.3) is 0 Å². The van der Waals surface area contributed by atoms with E-state index in [-0.39, 0.29) is 23.6 Å². The molecule has 0 aliphatic heterocycles. The number of carbonyl (C=O) groups is 3. The summed E-state index contributed by atoms with van der Waals surface area (Å²) in [6.45, 7) is 0.620. The summed E-state index contributed by atoms with van der Waals surface area (Å²) in [7, 11) is 0. The van der Waals surface area contributed by atoms with E-state index in [1.807, 2.05) is 84.9 Å². The fourth-order valence-corrected chi connectivity index (χ4v) is 3.85. The van der Waals surface area contributed by atoms with Gasteiger partial charge in [-0.25, -0.2) is 9.59 Å². The largest absolute Gasteiger partial charge is 0.478 e. The highest BCUT2D eigenvalue weighted by atomic mass is 16.5. The van der Waals surface area contributed by atoms with Gasteiger partial charge in [0.05, 0.1) is 17.7 Å². The van der Waals surface area contributed by atoms with E-state index in [2.05, 4.69) is 5.32 Å². The molecule has 4 aromatic rings. The van der Waals surface area contributed by atoms with Crippen LogP contribution in [0.3, 0.4) is 0 Å². The summed E-state index contributed by atoms with van der Waals surface area (Å²) in [6.07, 6.45) is 0. The molecule has 0 spiro atoms. The molecule has 0 heterocycles. The number of aromatic carboxylic acids is 2. The van der Waals surface area contributed by atoms with Crippen LogP contribution in [-0.2, 0) is 17.9 Å².